The van der Waals surface area contributed by atoms with Crippen molar-refractivity contribution in [3.8, 4) is 5.75 Å². The number of carbonyl (C=O) groups is 4. The van der Waals surface area contributed by atoms with Gasteiger partial charge in [0.15, 0.2) is 0 Å². The Morgan fingerprint density at radius 1 is 1.06 bits per heavy atom. The highest BCUT2D eigenvalue weighted by Gasteiger charge is 2.40. The van der Waals surface area contributed by atoms with E-state index in [0.29, 0.717) is 37.7 Å². The minimum atomic E-state index is -0.616. The fourth-order valence-electron chi connectivity index (χ4n) is 5.34. The Hall–Kier alpha value is -3.14. The first-order valence-electron chi connectivity index (χ1n) is 12.7. The number of rotatable bonds is 4. The minimum Gasteiger partial charge on any atom is -0.490 e. The summed E-state index contributed by atoms with van der Waals surface area (Å²) >= 11 is 0. The largest absolute Gasteiger partial charge is 0.490 e. The third-order valence-corrected chi connectivity index (χ3v) is 7.35. The molecular formula is C26H34N4O6. The summed E-state index contributed by atoms with van der Waals surface area (Å²) in [7, 11) is 0. The van der Waals surface area contributed by atoms with Gasteiger partial charge in [0.05, 0.1) is 0 Å². The lowest BCUT2D eigenvalue weighted by atomic mass is 9.87. The fraction of sp³-hybridized carbons (Fsp3) is 0.615. The Morgan fingerprint density at radius 2 is 1.78 bits per heavy atom. The normalized spacial score (nSPS) is 26.9. The maximum absolute atomic E-state index is 12.9. The van der Waals surface area contributed by atoms with E-state index in [1.807, 2.05) is 32.9 Å². The summed E-state index contributed by atoms with van der Waals surface area (Å²) in [4.78, 5) is 54.6. The van der Waals surface area contributed by atoms with Crippen molar-refractivity contribution in [2.75, 3.05) is 26.2 Å². The second-order valence-electron chi connectivity index (χ2n) is 11.1. The average molecular weight is 499 g/mol. The standard InChI is InChI=1S/C26H34N4O6/c1-26(2,3)36-25(34)29-10-8-28(9-11-29)17-13-19(14-17)35-18-4-5-20-16(12-18)15-30(24(20)33)21-6-7-22(31)27-23(21)32/h4-5,12,17,19,21H,6-11,13-15H2,1-3H3,(H,27,31,32). The van der Waals surface area contributed by atoms with Gasteiger partial charge in [-0.2, -0.15) is 0 Å². The smallest absolute Gasteiger partial charge is 0.410 e. The Morgan fingerprint density at radius 3 is 2.44 bits per heavy atom. The van der Waals surface area contributed by atoms with Crippen LogP contribution in [0.5, 0.6) is 5.75 Å². The van der Waals surface area contributed by atoms with Crippen LogP contribution in [0.1, 0.15) is 62.4 Å². The molecule has 5 rings (SSSR count). The van der Waals surface area contributed by atoms with Gasteiger partial charge < -0.3 is 19.3 Å². The molecule has 0 aromatic heterocycles. The molecule has 1 aliphatic carbocycles. The van der Waals surface area contributed by atoms with E-state index in [1.165, 1.54) is 0 Å². The monoisotopic (exact) mass is 498 g/mol. The van der Waals surface area contributed by atoms with Gasteiger partial charge in [0.25, 0.3) is 5.91 Å². The summed E-state index contributed by atoms with van der Waals surface area (Å²) in [5.74, 6) is -0.152. The fourth-order valence-corrected chi connectivity index (χ4v) is 5.34. The maximum Gasteiger partial charge on any atom is 0.410 e. The van der Waals surface area contributed by atoms with Gasteiger partial charge in [0.2, 0.25) is 11.8 Å². The first kappa shape index (κ1) is 24.5. The van der Waals surface area contributed by atoms with Crippen LogP contribution in [0, 0.1) is 0 Å². The third kappa shape index (κ3) is 5.04. The molecule has 10 nitrogen and oxygen atoms in total. The second-order valence-corrected chi connectivity index (χ2v) is 11.1. The van der Waals surface area contributed by atoms with E-state index < -0.39 is 17.6 Å². The lowest BCUT2D eigenvalue weighted by molar-refractivity contribution is -0.136. The molecular weight excluding hydrogens is 464 g/mol. The van der Waals surface area contributed by atoms with Crippen molar-refractivity contribution < 1.29 is 28.7 Å². The van der Waals surface area contributed by atoms with Gasteiger partial charge >= 0.3 is 6.09 Å². The molecule has 0 radical (unpaired) electrons. The van der Waals surface area contributed by atoms with Crippen LogP contribution < -0.4 is 10.1 Å². The van der Waals surface area contributed by atoms with Gasteiger partial charge in [0.1, 0.15) is 23.5 Å². The number of hydrogen-bond acceptors (Lipinski definition) is 7. The molecule has 3 heterocycles. The molecule has 0 bridgehead atoms. The molecule has 10 heteroatoms. The minimum absolute atomic E-state index is 0.111. The van der Waals surface area contributed by atoms with Crippen LogP contribution in [-0.2, 0) is 20.9 Å². The Labute approximate surface area is 210 Å². The lowest BCUT2D eigenvalue weighted by Gasteiger charge is -2.46. The molecule has 36 heavy (non-hydrogen) atoms. The molecule has 2 saturated heterocycles. The number of piperidine rings is 1. The van der Waals surface area contributed by atoms with Crippen molar-refractivity contribution in [3.05, 3.63) is 29.3 Å². The first-order chi connectivity index (χ1) is 17.1. The number of imide groups is 1. The molecule has 3 aliphatic heterocycles. The van der Waals surface area contributed by atoms with Gasteiger partial charge in [-0.1, -0.05) is 0 Å². The molecule has 0 spiro atoms. The lowest BCUT2D eigenvalue weighted by Crippen LogP contribution is -2.57. The van der Waals surface area contributed by atoms with E-state index in [0.717, 1.165) is 37.2 Å². The highest BCUT2D eigenvalue weighted by Crippen LogP contribution is 2.34. The van der Waals surface area contributed by atoms with Gasteiger partial charge in [-0.3, -0.25) is 24.6 Å². The van der Waals surface area contributed by atoms with Gasteiger partial charge in [-0.25, -0.2) is 4.79 Å². The first-order valence-corrected chi connectivity index (χ1v) is 12.7. The van der Waals surface area contributed by atoms with Crippen LogP contribution in [0.25, 0.3) is 0 Å². The number of amides is 4. The zero-order valence-electron chi connectivity index (χ0n) is 21.1. The topological polar surface area (TPSA) is 108 Å². The van der Waals surface area contributed by atoms with Crippen molar-refractivity contribution in [1.82, 2.24) is 20.0 Å². The number of ether oxygens (including phenoxy) is 2. The third-order valence-electron chi connectivity index (χ3n) is 7.35. The predicted molar refractivity (Wildman–Crippen MR) is 129 cm³/mol. The van der Waals surface area contributed by atoms with Crippen LogP contribution in [0.3, 0.4) is 0 Å². The van der Waals surface area contributed by atoms with E-state index in [9.17, 15) is 19.2 Å². The number of piperazine rings is 1. The molecule has 1 unspecified atom stereocenters. The van der Waals surface area contributed by atoms with Gasteiger partial charge in [0, 0.05) is 63.6 Å². The zero-order valence-corrected chi connectivity index (χ0v) is 21.1. The molecule has 1 aromatic rings. The quantitative estimate of drug-likeness (QED) is 0.632. The van der Waals surface area contributed by atoms with Crippen molar-refractivity contribution >= 4 is 23.8 Å². The number of benzene rings is 1. The summed E-state index contributed by atoms with van der Waals surface area (Å²) in [6, 6.07) is 5.30. The van der Waals surface area contributed by atoms with Gasteiger partial charge in [-0.15, -0.1) is 0 Å². The van der Waals surface area contributed by atoms with Crippen LogP contribution in [0.15, 0.2) is 18.2 Å². The van der Waals surface area contributed by atoms with Crippen molar-refractivity contribution in [2.24, 2.45) is 0 Å². The molecule has 1 aromatic carbocycles. The molecule has 1 N–H and O–H groups in total. The van der Waals surface area contributed by atoms with Crippen LogP contribution in [-0.4, -0.2) is 88.5 Å². The van der Waals surface area contributed by atoms with Crippen molar-refractivity contribution in [1.29, 1.82) is 0 Å². The van der Waals surface area contributed by atoms with E-state index in [1.54, 1.807) is 15.9 Å². The maximum atomic E-state index is 12.9. The van der Waals surface area contributed by atoms with Crippen LogP contribution in [0.2, 0.25) is 0 Å². The summed E-state index contributed by atoms with van der Waals surface area (Å²) in [5.41, 5.74) is 0.943. The highest BCUT2D eigenvalue weighted by molar-refractivity contribution is 6.05. The number of fused-ring (bicyclic) bond motifs is 1. The Kier molecular flexibility index (Phi) is 6.40. The summed E-state index contributed by atoms with van der Waals surface area (Å²) in [5, 5.41) is 2.33. The van der Waals surface area contributed by atoms with Gasteiger partial charge in [-0.05, 0) is 51.0 Å². The van der Waals surface area contributed by atoms with Crippen LogP contribution in [0.4, 0.5) is 4.79 Å². The van der Waals surface area contributed by atoms with E-state index in [-0.39, 0.29) is 30.4 Å². The van der Waals surface area contributed by atoms with E-state index >= 15 is 0 Å². The van der Waals surface area contributed by atoms with E-state index in [2.05, 4.69) is 10.2 Å². The Bertz CT molecular complexity index is 1070. The zero-order chi connectivity index (χ0) is 25.6. The molecule has 1 saturated carbocycles. The van der Waals surface area contributed by atoms with Crippen LogP contribution >= 0.6 is 0 Å². The molecule has 3 fully saturated rings. The number of nitrogens with zero attached hydrogens (tertiary/aromatic N) is 3. The number of carbonyl (C=O) groups excluding carboxylic acids is 4. The predicted octanol–water partition coefficient (Wildman–Crippen LogP) is 1.91. The summed E-state index contributed by atoms with van der Waals surface area (Å²) < 4.78 is 11.7. The molecule has 194 valence electrons. The summed E-state index contributed by atoms with van der Waals surface area (Å²) in [6.45, 7) is 8.96. The molecule has 4 amide bonds. The molecule has 4 aliphatic rings. The number of nitrogens with one attached hydrogen (secondary N) is 1. The Balaban J connectivity index is 1.10. The van der Waals surface area contributed by atoms with E-state index in [4.69, 9.17) is 9.47 Å². The van der Waals surface area contributed by atoms with Crippen molar-refractivity contribution in [3.63, 3.8) is 0 Å². The summed E-state index contributed by atoms with van der Waals surface area (Å²) in [6.07, 6.45) is 2.30. The van der Waals surface area contributed by atoms with Crippen molar-refractivity contribution in [2.45, 2.75) is 76.8 Å². The second kappa shape index (κ2) is 9.38. The highest BCUT2D eigenvalue weighted by atomic mass is 16.6. The SMILES string of the molecule is CC(C)(C)OC(=O)N1CCN(C2CC(Oc3ccc4c(c3)CN(C3CCC(=O)NC3=O)C4=O)C2)CC1. The number of hydrogen-bond donors (Lipinski definition) is 1. The molecule has 1 atom stereocenters. The average Bonchev–Trinajstić information content (AvgIpc) is 3.10.